The number of rotatable bonds is 6. The second-order valence-electron chi connectivity index (χ2n) is 3.86. The highest BCUT2D eigenvalue weighted by atomic mass is 32.2. The van der Waals surface area contributed by atoms with Gasteiger partial charge in [0.15, 0.2) is 0 Å². The second-order valence-corrected chi connectivity index (χ2v) is 5.19. The van der Waals surface area contributed by atoms with E-state index in [1.54, 1.807) is 11.8 Å². The van der Waals surface area contributed by atoms with E-state index in [1.165, 1.54) is 19.3 Å². The van der Waals surface area contributed by atoms with Crippen LogP contribution in [0.3, 0.4) is 0 Å². The van der Waals surface area contributed by atoms with Crippen LogP contribution in [-0.2, 0) is 0 Å². The van der Waals surface area contributed by atoms with Crippen molar-refractivity contribution in [2.75, 3.05) is 18.9 Å². The summed E-state index contributed by atoms with van der Waals surface area (Å²) in [6.45, 7) is 3.06. The number of nitrogens with one attached hydrogen (secondary N) is 1. The molecule has 3 N–H and O–H groups in total. The summed E-state index contributed by atoms with van der Waals surface area (Å²) < 4.78 is 0. The van der Waals surface area contributed by atoms with Crippen molar-refractivity contribution in [2.24, 2.45) is 0 Å². The molecule has 0 radical (unpaired) electrons. The highest BCUT2D eigenvalue weighted by molar-refractivity contribution is 7.99. The van der Waals surface area contributed by atoms with Crippen LogP contribution in [-0.4, -0.2) is 46.5 Å². The van der Waals surface area contributed by atoms with Crippen LogP contribution in [0, 0.1) is 0 Å². The lowest BCUT2D eigenvalue weighted by Gasteiger charge is -2.13. The van der Waals surface area contributed by atoms with Crippen LogP contribution in [0.2, 0.25) is 0 Å². The lowest BCUT2D eigenvalue weighted by atomic mass is 10.2. The van der Waals surface area contributed by atoms with Gasteiger partial charge in [-0.15, -0.1) is 0 Å². The van der Waals surface area contributed by atoms with Gasteiger partial charge in [0.1, 0.15) is 0 Å². The molecule has 0 amide bonds. The molecule has 3 atom stereocenters. The van der Waals surface area contributed by atoms with Crippen LogP contribution >= 0.6 is 11.8 Å². The Morgan fingerprint density at radius 1 is 1.50 bits per heavy atom. The first-order chi connectivity index (χ1) is 6.76. The fraction of sp³-hybridized carbons (Fsp3) is 1.00. The highest BCUT2D eigenvalue weighted by Gasteiger charge is 2.24. The van der Waals surface area contributed by atoms with E-state index in [0.29, 0.717) is 17.0 Å². The predicted octanol–water partition coefficient (Wildman–Crippen LogP) is 0.603. The molecule has 0 saturated heterocycles. The zero-order valence-electron chi connectivity index (χ0n) is 8.78. The van der Waals surface area contributed by atoms with Crippen LogP contribution in [0.15, 0.2) is 0 Å². The van der Waals surface area contributed by atoms with Gasteiger partial charge in [-0.2, -0.15) is 11.8 Å². The Morgan fingerprint density at radius 3 is 2.93 bits per heavy atom. The summed E-state index contributed by atoms with van der Waals surface area (Å²) in [6.07, 6.45) is 3.15. The summed E-state index contributed by atoms with van der Waals surface area (Å²) in [4.78, 5) is 0. The van der Waals surface area contributed by atoms with E-state index in [2.05, 4.69) is 12.2 Å². The Morgan fingerprint density at radius 2 is 2.29 bits per heavy atom. The van der Waals surface area contributed by atoms with Crippen LogP contribution in [0.4, 0.5) is 0 Å². The Labute approximate surface area is 90.3 Å². The molecule has 0 aromatic heterocycles. The molecule has 4 heteroatoms. The fourth-order valence-electron chi connectivity index (χ4n) is 1.87. The van der Waals surface area contributed by atoms with E-state index in [1.807, 2.05) is 0 Å². The second kappa shape index (κ2) is 6.67. The molecule has 3 nitrogen and oxygen atoms in total. The minimum absolute atomic E-state index is 0.115. The van der Waals surface area contributed by atoms with E-state index in [9.17, 15) is 5.11 Å². The SMILES string of the molecule is CCNC1CCC(SCC(O)CO)C1. The summed E-state index contributed by atoms with van der Waals surface area (Å²) >= 11 is 1.80. The molecule has 1 rings (SSSR count). The predicted molar refractivity (Wildman–Crippen MR) is 60.7 cm³/mol. The van der Waals surface area contributed by atoms with Gasteiger partial charge >= 0.3 is 0 Å². The van der Waals surface area contributed by atoms with Gasteiger partial charge in [0, 0.05) is 17.0 Å². The van der Waals surface area contributed by atoms with Crippen molar-refractivity contribution in [1.29, 1.82) is 0 Å². The maximum absolute atomic E-state index is 9.20. The van der Waals surface area contributed by atoms with Crippen molar-refractivity contribution >= 4 is 11.8 Å². The van der Waals surface area contributed by atoms with Crippen LogP contribution in [0.5, 0.6) is 0 Å². The third-order valence-electron chi connectivity index (χ3n) is 2.61. The Balaban J connectivity index is 2.09. The maximum Gasteiger partial charge on any atom is 0.0861 e. The van der Waals surface area contributed by atoms with E-state index in [4.69, 9.17) is 5.11 Å². The third-order valence-corrected chi connectivity index (χ3v) is 4.09. The molecule has 0 bridgehead atoms. The van der Waals surface area contributed by atoms with E-state index in [-0.39, 0.29) is 6.61 Å². The molecule has 1 fully saturated rings. The normalized spacial score (nSPS) is 29.4. The molecule has 14 heavy (non-hydrogen) atoms. The number of thioether (sulfide) groups is 1. The summed E-state index contributed by atoms with van der Waals surface area (Å²) in [5.74, 6) is 0.667. The molecule has 0 aromatic rings. The zero-order chi connectivity index (χ0) is 10.4. The molecule has 1 saturated carbocycles. The molecule has 0 heterocycles. The van der Waals surface area contributed by atoms with Gasteiger partial charge in [0.25, 0.3) is 0 Å². The smallest absolute Gasteiger partial charge is 0.0861 e. The topological polar surface area (TPSA) is 52.5 Å². The molecular formula is C10H21NO2S. The lowest BCUT2D eigenvalue weighted by Crippen LogP contribution is -2.26. The lowest BCUT2D eigenvalue weighted by molar-refractivity contribution is 0.113. The largest absolute Gasteiger partial charge is 0.394 e. The Bertz CT molecular complexity index is 157. The number of aliphatic hydroxyl groups is 2. The molecule has 1 aliphatic carbocycles. The summed E-state index contributed by atoms with van der Waals surface area (Å²) in [5, 5.41) is 22.0. The minimum atomic E-state index is -0.543. The van der Waals surface area contributed by atoms with Gasteiger partial charge in [-0.1, -0.05) is 6.92 Å². The van der Waals surface area contributed by atoms with Crippen molar-refractivity contribution in [3.05, 3.63) is 0 Å². The van der Waals surface area contributed by atoms with E-state index >= 15 is 0 Å². The quantitative estimate of drug-likeness (QED) is 0.612. The molecule has 3 unspecified atom stereocenters. The van der Waals surface area contributed by atoms with Crippen molar-refractivity contribution in [3.8, 4) is 0 Å². The van der Waals surface area contributed by atoms with Gasteiger partial charge in [0.2, 0.25) is 0 Å². The summed E-state index contributed by atoms with van der Waals surface area (Å²) in [5.41, 5.74) is 0. The molecule has 0 aromatic carbocycles. The standard InChI is InChI=1S/C10H21NO2S/c1-2-11-8-3-4-10(5-8)14-7-9(13)6-12/h8-13H,2-7H2,1H3. The Hall–Kier alpha value is 0.230. The maximum atomic E-state index is 9.20. The average molecular weight is 219 g/mol. The molecule has 0 spiro atoms. The number of hydrogen-bond acceptors (Lipinski definition) is 4. The first-order valence-electron chi connectivity index (χ1n) is 5.40. The highest BCUT2D eigenvalue weighted by Crippen LogP contribution is 2.30. The molecule has 0 aliphatic heterocycles. The van der Waals surface area contributed by atoms with E-state index in [0.717, 1.165) is 6.54 Å². The van der Waals surface area contributed by atoms with Crippen molar-refractivity contribution < 1.29 is 10.2 Å². The summed E-state index contributed by atoms with van der Waals surface area (Å²) in [6, 6.07) is 0.670. The van der Waals surface area contributed by atoms with Gasteiger partial charge < -0.3 is 15.5 Å². The average Bonchev–Trinajstić information content (AvgIpc) is 2.63. The monoisotopic (exact) mass is 219 g/mol. The molecular weight excluding hydrogens is 198 g/mol. The van der Waals surface area contributed by atoms with Crippen LogP contribution in [0.1, 0.15) is 26.2 Å². The van der Waals surface area contributed by atoms with Gasteiger partial charge in [0.05, 0.1) is 12.7 Å². The first-order valence-corrected chi connectivity index (χ1v) is 6.45. The van der Waals surface area contributed by atoms with Crippen molar-refractivity contribution in [1.82, 2.24) is 5.32 Å². The summed E-state index contributed by atoms with van der Waals surface area (Å²) in [7, 11) is 0. The van der Waals surface area contributed by atoms with Crippen molar-refractivity contribution in [2.45, 2.75) is 43.6 Å². The Kier molecular flexibility index (Phi) is 5.86. The first kappa shape index (κ1) is 12.3. The van der Waals surface area contributed by atoms with Crippen LogP contribution < -0.4 is 5.32 Å². The number of aliphatic hydroxyl groups excluding tert-OH is 2. The van der Waals surface area contributed by atoms with Gasteiger partial charge in [-0.3, -0.25) is 0 Å². The van der Waals surface area contributed by atoms with E-state index < -0.39 is 6.10 Å². The number of hydrogen-bond donors (Lipinski definition) is 3. The van der Waals surface area contributed by atoms with Crippen LogP contribution in [0.25, 0.3) is 0 Å². The van der Waals surface area contributed by atoms with Gasteiger partial charge in [-0.05, 0) is 25.8 Å². The fourth-order valence-corrected chi connectivity index (χ4v) is 3.14. The van der Waals surface area contributed by atoms with Crippen molar-refractivity contribution in [3.63, 3.8) is 0 Å². The molecule has 1 aliphatic rings. The van der Waals surface area contributed by atoms with Gasteiger partial charge in [-0.25, -0.2) is 0 Å². The minimum Gasteiger partial charge on any atom is -0.394 e. The molecule has 84 valence electrons. The third kappa shape index (κ3) is 4.17. The zero-order valence-corrected chi connectivity index (χ0v) is 9.59.